The molecule has 1 fully saturated rings. The van der Waals surface area contributed by atoms with Crippen molar-refractivity contribution in [3.8, 4) is 6.07 Å². The summed E-state index contributed by atoms with van der Waals surface area (Å²) >= 11 is 0. The van der Waals surface area contributed by atoms with Gasteiger partial charge in [-0.2, -0.15) is 5.26 Å². The number of hydrogen-bond donors (Lipinski definition) is 2. The average Bonchev–Trinajstić information content (AvgIpc) is 2.60. The van der Waals surface area contributed by atoms with Gasteiger partial charge in [-0.25, -0.2) is 0 Å². The van der Waals surface area contributed by atoms with Crippen LogP contribution in [0.4, 0.5) is 0 Å². The highest BCUT2D eigenvalue weighted by atomic mass is 16.4. The fourth-order valence-electron chi connectivity index (χ4n) is 2.16. The number of carboxylic acid groups (broad SMARTS) is 1. The van der Waals surface area contributed by atoms with Gasteiger partial charge in [0.25, 0.3) is 0 Å². The van der Waals surface area contributed by atoms with Gasteiger partial charge in [0.1, 0.15) is 6.04 Å². The van der Waals surface area contributed by atoms with Crippen LogP contribution >= 0.6 is 0 Å². The van der Waals surface area contributed by atoms with Crippen LogP contribution < -0.4 is 0 Å². The molecule has 5 nitrogen and oxygen atoms in total. The Morgan fingerprint density at radius 2 is 2.24 bits per heavy atom. The first-order valence-corrected chi connectivity index (χ1v) is 5.92. The maximum absolute atomic E-state index is 11.0. The van der Waals surface area contributed by atoms with E-state index < -0.39 is 18.1 Å². The van der Waals surface area contributed by atoms with Crippen molar-refractivity contribution in [3.05, 3.63) is 0 Å². The smallest absolute Gasteiger partial charge is 0.321 e. The van der Waals surface area contributed by atoms with Crippen molar-refractivity contribution in [2.45, 2.75) is 45.3 Å². The monoisotopic (exact) mass is 240 g/mol. The SMILES string of the molecule is CC(C)(C#N)CCCN1CC(O)CC1C(=O)O. The second kappa shape index (κ2) is 5.48. The molecule has 0 aromatic carbocycles. The van der Waals surface area contributed by atoms with Crippen molar-refractivity contribution in [3.63, 3.8) is 0 Å². The standard InChI is InChI=1S/C12H20N2O3/c1-12(2,8-13)4-3-5-14-7-9(15)6-10(14)11(16)17/h9-10,15H,3-7H2,1-2H3,(H,16,17). The van der Waals surface area contributed by atoms with E-state index in [4.69, 9.17) is 10.4 Å². The van der Waals surface area contributed by atoms with Crippen LogP contribution in [0.3, 0.4) is 0 Å². The van der Waals surface area contributed by atoms with Gasteiger partial charge >= 0.3 is 5.97 Å². The molecule has 0 aromatic rings. The third kappa shape index (κ3) is 3.99. The number of hydrogen-bond acceptors (Lipinski definition) is 4. The van der Waals surface area contributed by atoms with Crippen LogP contribution in [0.15, 0.2) is 0 Å². The highest BCUT2D eigenvalue weighted by Gasteiger charge is 2.35. The zero-order valence-electron chi connectivity index (χ0n) is 10.4. The minimum atomic E-state index is -0.874. The minimum Gasteiger partial charge on any atom is -0.480 e. The first kappa shape index (κ1) is 13.9. The number of aliphatic carboxylic acids is 1. The molecule has 0 aromatic heterocycles. The first-order chi connectivity index (χ1) is 7.85. The van der Waals surface area contributed by atoms with E-state index in [1.54, 1.807) is 4.90 Å². The molecule has 2 N–H and O–H groups in total. The van der Waals surface area contributed by atoms with Gasteiger partial charge in [0.2, 0.25) is 0 Å². The summed E-state index contributed by atoms with van der Waals surface area (Å²) < 4.78 is 0. The highest BCUT2D eigenvalue weighted by molar-refractivity contribution is 5.74. The molecule has 1 rings (SSSR count). The molecule has 0 saturated carbocycles. The predicted octanol–water partition coefficient (Wildman–Crippen LogP) is 0.836. The Kier molecular flexibility index (Phi) is 4.49. The summed E-state index contributed by atoms with van der Waals surface area (Å²) in [6.07, 6.45) is 1.27. The summed E-state index contributed by atoms with van der Waals surface area (Å²) in [4.78, 5) is 12.8. The molecule has 1 aliphatic heterocycles. The predicted molar refractivity (Wildman–Crippen MR) is 62.2 cm³/mol. The number of aliphatic hydroxyl groups excluding tert-OH is 1. The number of carboxylic acids is 1. The summed E-state index contributed by atoms with van der Waals surface area (Å²) in [5.74, 6) is -0.874. The number of likely N-dealkylation sites (tertiary alicyclic amines) is 1. The maximum Gasteiger partial charge on any atom is 0.321 e. The summed E-state index contributed by atoms with van der Waals surface area (Å²) in [5, 5.41) is 27.3. The molecular weight excluding hydrogens is 220 g/mol. The van der Waals surface area contributed by atoms with Crippen molar-refractivity contribution in [2.24, 2.45) is 5.41 Å². The lowest BCUT2D eigenvalue weighted by atomic mass is 9.90. The van der Waals surface area contributed by atoms with Gasteiger partial charge in [0.15, 0.2) is 0 Å². The van der Waals surface area contributed by atoms with E-state index in [0.29, 0.717) is 19.5 Å². The lowest BCUT2D eigenvalue weighted by Crippen LogP contribution is -2.36. The molecule has 1 heterocycles. The Balaban J connectivity index is 2.41. The summed E-state index contributed by atoms with van der Waals surface area (Å²) in [6, 6.07) is 1.65. The van der Waals surface area contributed by atoms with E-state index in [0.717, 1.165) is 12.8 Å². The van der Waals surface area contributed by atoms with Crippen molar-refractivity contribution in [2.75, 3.05) is 13.1 Å². The lowest BCUT2D eigenvalue weighted by Gasteiger charge is -2.22. The number of aliphatic hydroxyl groups is 1. The molecule has 96 valence electrons. The lowest BCUT2D eigenvalue weighted by molar-refractivity contribution is -0.142. The Hall–Kier alpha value is -1.12. The van der Waals surface area contributed by atoms with Crippen LogP contribution in [0, 0.1) is 16.7 Å². The molecule has 0 amide bonds. The quantitative estimate of drug-likeness (QED) is 0.743. The third-order valence-electron chi connectivity index (χ3n) is 3.22. The third-order valence-corrected chi connectivity index (χ3v) is 3.22. The molecule has 1 aliphatic rings. The molecular formula is C12H20N2O3. The van der Waals surface area contributed by atoms with Crippen molar-refractivity contribution >= 4 is 5.97 Å². The Morgan fingerprint density at radius 1 is 1.59 bits per heavy atom. The number of nitriles is 1. The van der Waals surface area contributed by atoms with Crippen molar-refractivity contribution < 1.29 is 15.0 Å². The van der Waals surface area contributed by atoms with Gasteiger partial charge in [-0.1, -0.05) is 0 Å². The van der Waals surface area contributed by atoms with Crippen LogP contribution in [0.25, 0.3) is 0 Å². The molecule has 5 heteroatoms. The molecule has 0 bridgehead atoms. The zero-order chi connectivity index (χ0) is 13.1. The second-order valence-corrected chi connectivity index (χ2v) is 5.34. The highest BCUT2D eigenvalue weighted by Crippen LogP contribution is 2.23. The second-order valence-electron chi connectivity index (χ2n) is 5.34. The fraction of sp³-hybridized carbons (Fsp3) is 0.833. The number of rotatable bonds is 5. The van der Waals surface area contributed by atoms with Gasteiger partial charge in [0, 0.05) is 13.0 Å². The van der Waals surface area contributed by atoms with Crippen LogP contribution in [0.2, 0.25) is 0 Å². The Bertz CT molecular complexity index is 322. The molecule has 2 unspecified atom stereocenters. The first-order valence-electron chi connectivity index (χ1n) is 5.92. The van der Waals surface area contributed by atoms with E-state index in [-0.39, 0.29) is 5.41 Å². The van der Waals surface area contributed by atoms with E-state index in [2.05, 4.69) is 6.07 Å². The summed E-state index contributed by atoms with van der Waals surface area (Å²) in [7, 11) is 0. The van der Waals surface area contributed by atoms with E-state index in [1.807, 2.05) is 13.8 Å². The average molecular weight is 240 g/mol. The van der Waals surface area contributed by atoms with Crippen LogP contribution in [0.5, 0.6) is 0 Å². The van der Waals surface area contributed by atoms with Gasteiger partial charge < -0.3 is 10.2 Å². The normalized spacial score (nSPS) is 25.8. The molecule has 1 saturated heterocycles. The van der Waals surface area contributed by atoms with E-state index in [1.165, 1.54) is 0 Å². The van der Waals surface area contributed by atoms with Crippen molar-refractivity contribution in [1.82, 2.24) is 4.90 Å². The Labute approximate surface area is 102 Å². The molecule has 2 atom stereocenters. The molecule has 0 spiro atoms. The van der Waals surface area contributed by atoms with Crippen LogP contribution in [0.1, 0.15) is 33.1 Å². The van der Waals surface area contributed by atoms with Gasteiger partial charge in [-0.05, 0) is 33.2 Å². The zero-order valence-corrected chi connectivity index (χ0v) is 10.4. The van der Waals surface area contributed by atoms with Gasteiger partial charge in [-0.15, -0.1) is 0 Å². The number of nitrogens with zero attached hydrogens (tertiary/aromatic N) is 2. The largest absolute Gasteiger partial charge is 0.480 e. The van der Waals surface area contributed by atoms with Crippen LogP contribution in [-0.4, -0.2) is 46.3 Å². The van der Waals surface area contributed by atoms with Gasteiger partial charge in [-0.3, -0.25) is 9.69 Å². The molecule has 17 heavy (non-hydrogen) atoms. The van der Waals surface area contributed by atoms with E-state index in [9.17, 15) is 9.90 Å². The fourth-order valence-corrected chi connectivity index (χ4v) is 2.16. The van der Waals surface area contributed by atoms with E-state index >= 15 is 0 Å². The Morgan fingerprint density at radius 3 is 2.76 bits per heavy atom. The number of carbonyl (C=O) groups is 1. The van der Waals surface area contributed by atoms with Crippen LogP contribution in [-0.2, 0) is 4.79 Å². The summed E-state index contributed by atoms with van der Waals surface area (Å²) in [6.45, 7) is 4.80. The summed E-state index contributed by atoms with van der Waals surface area (Å²) in [5.41, 5.74) is -0.364. The minimum absolute atomic E-state index is 0.303. The molecule has 0 radical (unpaired) electrons. The number of β-amino-alcohol motifs (C(OH)–C–C–N with tert-alkyl or cyclic N) is 1. The van der Waals surface area contributed by atoms with Crippen molar-refractivity contribution in [1.29, 1.82) is 5.26 Å². The van der Waals surface area contributed by atoms with Gasteiger partial charge in [0.05, 0.1) is 17.6 Å². The molecule has 0 aliphatic carbocycles. The maximum atomic E-state index is 11.0. The topological polar surface area (TPSA) is 84.6 Å².